The van der Waals surface area contributed by atoms with Crippen LogP contribution in [0, 0.1) is 0 Å². The van der Waals surface area contributed by atoms with Gasteiger partial charge < -0.3 is 15.1 Å². The first-order valence-corrected chi connectivity index (χ1v) is 8.24. The van der Waals surface area contributed by atoms with Crippen molar-refractivity contribution in [1.82, 2.24) is 0 Å². The minimum atomic E-state index is -0.261. The third-order valence-electron chi connectivity index (χ3n) is 3.93. The summed E-state index contributed by atoms with van der Waals surface area (Å²) in [5.41, 5.74) is 4.15. The Labute approximate surface area is 147 Å². The van der Waals surface area contributed by atoms with Crippen molar-refractivity contribution in [1.29, 1.82) is 0 Å². The lowest BCUT2D eigenvalue weighted by Crippen LogP contribution is -2.10. The molecular formula is C21H22N2O2. The Balaban J connectivity index is 1.63. The molecule has 2 N–H and O–H groups in total. The molecule has 3 aromatic rings. The van der Waals surface area contributed by atoms with Crippen molar-refractivity contribution in [3.8, 4) is 0 Å². The lowest BCUT2D eigenvalue weighted by molar-refractivity contribution is 0.0996. The molecule has 0 bridgehead atoms. The molecular weight excluding hydrogens is 312 g/mol. The highest BCUT2D eigenvalue weighted by atomic mass is 16.3. The van der Waals surface area contributed by atoms with E-state index in [2.05, 4.69) is 55.7 Å². The van der Waals surface area contributed by atoms with Gasteiger partial charge in [-0.25, -0.2) is 0 Å². The van der Waals surface area contributed by atoms with Crippen LogP contribution in [-0.2, 0) is 5.41 Å². The molecule has 0 aliphatic heterocycles. The second-order valence-electron chi connectivity index (χ2n) is 6.96. The van der Waals surface area contributed by atoms with Crippen LogP contribution in [0.15, 0.2) is 71.3 Å². The quantitative estimate of drug-likeness (QED) is 0.655. The van der Waals surface area contributed by atoms with E-state index in [0.717, 1.165) is 17.1 Å². The van der Waals surface area contributed by atoms with Crippen molar-refractivity contribution >= 4 is 23.0 Å². The summed E-state index contributed by atoms with van der Waals surface area (Å²) in [6.45, 7) is 6.60. The van der Waals surface area contributed by atoms with E-state index in [1.807, 2.05) is 24.3 Å². The predicted molar refractivity (Wildman–Crippen MR) is 102 cm³/mol. The average molecular weight is 334 g/mol. The van der Waals surface area contributed by atoms with Gasteiger partial charge in [0.1, 0.15) is 0 Å². The summed E-state index contributed by atoms with van der Waals surface area (Å²) in [6, 6.07) is 19.3. The summed E-state index contributed by atoms with van der Waals surface area (Å²) in [4.78, 5) is 11.9. The van der Waals surface area contributed by atoms with Gasteiger partial charge in [-0.2, -0.15) is 0 Å². The first-order valence-electron chi connectivity index (χ1n) is 8.24. The zero-order valence-electron chi connectivity index (χ0n) is 14.7. The Hall–Kier alpha value is -3.01. The lowest BCUT2D eigenvalue weighted by atomic mass is 9.87. The maximum absolute atomic E-state index is 11.9. The van der Waals surface area contributed by atoms with Crippen LogP contribution in [0.3, 0.4) is 0 Å². The van der Waals surface area contributed by atoms with E-state index in [4.69, 9.17) is 4.42 Å². The van der Waals surface area contributed by atoms with Crippen LogP contribution in [-0.4, -0.2) is 5.91 Å². The maximum Gasteiger partial charge on any atom is 0.291 e. The number of carbonyl (C=O) groups is 1. The smallest absolute Gasteiger partial charge is 0.291 e. The highest BCUT2D eigenvalue weighted by molar-refractivity contribution is 6.02. The molecule has 4 heteroatoms. The second kappa shape index (κ2) is 6.85. The summed E-state index contributed by atoms with van der Waals surface area (Å²) >= 11 is 0. The van der Waals surface area contributed by atoms with E-state index in [1.54, 1.807) is 12.1 Å². The Kier molecular flexibility index (Phi) is 4.61. The van der Waals surface area contributed by atoms with Gasteiger partial charge in [0.15, 0.2) is 5.76 Å². The van der Waals surface area contributed by atoms with Crippen LogP contribution in [0.2, 0.25) is 0 Å². The molecule has 4 nitrogen and oxygen atoms in total. The predicted octanol–water partition coefficient (Wildman–Crippen LogP) is 5.57. The molecule has 0 fully saturated rings. The summed E-state index contributed by atoms with van der Waals surface area (Å²) in [5.74, 6) is 0.0321. The molecule has 2 aromatic carbocycles. The van der Waals surface area contributed by atoms with Gasteiger partial charge in [-0.3, -0.25) is 4.79 Å². The fourth-order valence-electron chi connectivity index (χ4n) is 2.46. The van der Waals surface area contributed by atoms with Crippen LogP contribution in [0.4, 0.5) is 17.1 Å². The monoisotopic (exact) mass is 334 g/mol. The van der Waals surface area contributed by atoms with Crippen molar-refractivity contribution in [2.75, 3.05) is 10.6 Å². The van der Waals surface area contributed by atoms with E-state index in [-0.39, 0.29) is 11.3 Å². The number of carbonyl (C=O) groups excluding carboxylic acids is 1. The minimum Gasteiger partial charge on any atom is -0.459 e. The minimum absolute atomic E-state index is 0.145. The normalized spacial score (nSPS) is 11.2. The number of rotatable bonds is 4. The lowest BCUT2D eigenvalue weighted by Gasteiger charge is -2.19. The van der Waals surface area contributed by atoms with Gasteiger partial charge in [0, 0.05) is 17.1 Å². The topological polar surface area (TPSA) is 54.3 Å². The molecule has 3 rings (SSSR count). The number of anilines is 3. The standard InChI is InChI=1S/C21H22N2O2/c1-21(2,3)15-6-8-16(9-7-15)22-17-10-12-18(13-11-17)23-20(24)19-5-4-14-25-19/h4-14,22H,1-3H3,(H,23,24). The summed E-state index contributed by atoms with van der Waals surface area (Å²) < 4.78 is 5.08. The van der Waals surface area contributed by atoms with Crippen LogP contribution in [0.5, 0.6) is 0 Å². The van der Waals surface area contributed by atoms with Crippen molar-refractivity contribution in [2.24, 2.45) is 0 Å². The van der Waals surface area contributed by atoms with Crippen LogP contribution >= 0.6 is 0 Å². The second-order valence-corrected chi connectivity index (χ2v) is 6.96. The van der Waals surface area contributed by atoms with E-state index < -0.39 is 0 Å². The van der Waals surface area contributed by atoms with Gasteiger partial charge in [0.25, 0.3) is 5.91 Å². The summed E-state index contributed by atoms with van der Waals surface area (Å²) in [6.07, 6.45) is 1.48. The Morgan fingerprint density at radius 2 is 1.40 bits per heavy atom. The first-order chi connectivity index (χ1) is 11.9. The highest BCUT2D eigenvalue weighted by Gasteiger charge is 2.13. The SMILES string of the molecule is CC(C)(C)c1ccc(Nc2ccc(NC(=O)c3ccco3)cc2)cc1. The van der Waals surface area contributed by atoms with Gasteiger partial charge >= 0.3 is 0 Å². The zero-order chi connectivity index (χ0) is 17.9. The van der Waals surface area contributed by atoms with Crippen molar-refractivity contribution in [3.63, 3.8) is 0 Å². The average Bonchev–Trinajstić information content (AvgIpc) is 3.11. The molecule has 128 valence electrons. The molecule has 0 unspecified atom stereocenters. The maximum atomic E-state index is 11.9. The number of benzene rings is 2. The Morgan fingerprint density at radius 3 is 1.92 bits per heavy atom. The van der Waals surface area contributed by atoms with Crippen molar-refractivity contribution in [3.05, 3.63) is 78.3 Å². The molecule has 0 spiro atoms. The molecule has 25 heavy (non-hydrogen) atoms. The molecule has 0 radical (unpaired) electrons. The van der Waals surface area contributed by atoms with Crippen LogP contribution in [0.25, 0.3) is 0 Å². The van der Waals surface area contributed by atoms with Gasteiger partial charge in [-0.05, 0) is 59.5 Å². The molecule has 0 aliphatic carbocycles. The van der Waals surface area contributed by atoms with E-state index in [0.29, 0.717) is 5.76 Å². The first kappa shape index (κ1) is 16.8. The number of hydrogen-bond donors (Lipinski definition) is 2. The molecule has 1 amide bonds. The van der Waals surface area contributed by atoms with Crippen molar-refractivity contribution < 1.29 is 9.21 Å². The highest BCUT2D eigenvalue weighted by Crippen LogP contribution is 2.25. The van der Waals surface area contributed by atoms with Gasteiger partial charge in [0.2, 0.25) is 0 Å². The number of hydrogen-bond acceptors (Lipinski definition) is 3. The van der Waals surface area contributed by atoms with Crippen LogP contribution < -0.4 is 10.6 Å². The Morgan fingerprint density at radius 1 is 0.840 bits per heavy atom. The summed E-state index contributed by atoms with van der Waals surface area (Å²) in [7, 11) is 0. The third kappa shape index (κ3) is 4.29. The van der Waals surface area contributed by atoms with Gasteiger partial charge in [0.05, 0.1) is 6.26 Å². The fourth-order valence-corrected chi connectivity index (χ4v) is 2.46. The number of furan rings is 1. The largest absolute Gasteiger partial charge is 0.459 e. The Bertz CT molecular complexity index is 827. The molecule has 1 heterocycles. The third-order valence-corrected chi connectivity index (χ3v) is 3.93. The van der Waals surface area contributed by atoms with E-state index in [9.17, 15) is 4.79 Å². The van der Waals surface area contributed by atoms with Gasteiger partial charge in [-0.1, -0.05) is 32.9 Å². The summed E-state index contributed by atoms with van der Waals surface area (Å²) in [5, 5.41) is 6.16. The molecule has 0 atom stereocenters. The van der Waals surface area contributed by atoms with E-state index >= 15 is 0 Å². The van der Waals surface area contributed by atoms with E-state index in [1.165, 1.54) is 11.8 Å². The fraction of sp³-hybridized carbons (Fsp3) is 0.190. The number of nitrogens with one attached hydrogen (secondary N) is 2. The molecule has 0 saturated heterocycles. The van der Waals surface area contributed by atoms with Crippen molar-refractivity contribution in [2.45, 2.75) is 26.2 Å². The molecule has 1 aromatic heterocycles. The molecule has 0 saturated carbocycles. The zero-order valence-corrected chi connectivity index (χ0v) is 14.7. The number of amides is 1. The van der Waals surface area contributed by atoms with Gasteiger partial charge in [-0.15, -0.1) is 0 Å². The molecule has 0 aliphatic rings. The van der Waals surface area contributed by atoms with Crippen LogP contribution in [0.1, 0.15) is 36.9 Å².